The first-order valence-corrected chi connectivity index (χ1v) is 8.32. The first kappa shape index (κ1) is 17.7. The highest BCUT2D eigenvalue weighted by atomic mass is 16.5. The van der Waals surface area contributed by atoms with Gasteiger partial charge in [-0.15, -0.1) is 0 Å². The van der Waals surface area contributed by atoms with Gasteiger partial charge in [0.05, 0.1) is 0 Å². The summed E-state index contributed by atoms with van der Waals surface area (Å²) in [5.41, 5.74) is 2.65. The number of H-pyrrole nitrogens is 1. The van der Waals surface area contributed by atoms with Crippen LogP contribution < -0.4 is 10.1 Å². The highest BCUT2D eigenvalue weighted by Crippen LogP contribution is 2.21. The molecule has 0 fully saturated rings. The molecule has 2 aromatic carbocycles. The van der Waals surface area contributed by atoms with Crippen LogP contribution in [0.25, 0.3) is 10.9 Å². The third kappa shape index (κ3) is 4.10. The van der Waals surface area contributed by atoms with E-state index in [-0.39, 0.29) is 6.54 Å². The fourth-order valence-corrected chi connectivity index (χ4v) is 2.90. The van der Waals surface area contributed by atoms with E-state index in [0.717, 1.165) is 22.0 Å². The molecule has 1 aromatic heterocycles. The molecule has 6 heteroatoms. The monoisotopic (exact) mass is 352 g/mol. The number of hydrogen-bond acceptors (Lipinski definition) is 4. The van der Waals surface area contributed by atoms with Crippen LogP contribution in [0.4, 0.5) is 0 Å². The molecule has 6 nitrogen and oxygen atoms in total. The van der Waals surface area contributed by atoms with E-state index < -0.39 is 18.0 Å². The van der Waals surface area contributed by atoms with Crippen molar-refractivity contribution in [3.8, 4) is 5.75 Å². The Morgan fingerprint density at radius 1 is 1.12 bits per heavy atom. The number of benzene rings is 2. The lowest BCUT2D eigenvalue weighted by Crippen LogP contribution is -2.38. The number of nitrogens with one attached hydrogen (secondary N) is 2. The van der Waals surface area contributed by atoms with E-state index in [4.69, 9.17) is 4.74 Å². The van der Waals surface area contributed by atoms with E-state index in [1.807, 2.05) is 36.5 Å². The van der Waals surface area contributed by atoms with Gasteiger partial charge in [-0.05, 0) is 17.7 Å². The van der Waals surface area contributed by atoms with Gasteiger partial charge in [0.15, 0.2) is 0 Å². The molecule has 134 valence electrons. The standard InChI is InChI=1S/C20H20N2O4/c1-13(23)26-19-9-5-2-6-14(19)11-22-18(20(24)25)10-15-12-21-17-8-4-3-7-16(15)17/h2-9,12,18,21-22H,10-11H2,1H3,(H,24,25)/t18-/m0/s1. The number of para-hydroxylation sites is 2. The molecular weight excluding hydrogens is 332 g/mol. The zero-order valence-corrected chi connectivity index (χ0v) is 14.4. The van der Waals surface area contributed by atoms with E-state index in [2.05, 4.69) is 10.3 Å². The molecule has 1 atom stereocenters. The van der Waals surface area contributed by atoms with Crippen LogP contribution >= 0.6 is 0 Å². The van der Waals surface area contributed by atoms with Gasteiger partial charge in [0.25, 0.3) is 0 Å². The Kier molecular flexibility index (Phi) is 5.34. The highest BCUT2D eigenvalue weighted by Gasteiger charge is 2.20. The summed E-state index contributed by atoms with van der Waals surface area (Å²) >= 11 is 0. The maximum atomic E-state index is 11.7. The van der Waals surface area contributed by atoms with Gasteiger partial charge < -0.3 is 14.8 Å². The predicted octanol–water partition coefficient (Wildman–Crippen LogP) is 2.88. The predicted molar refractivity (Wildman–Crippen MR) is 98.0 cm³/mol. The Balaban J connectivity index is 1.74. The molecule has 0 saturated heterocycles. The van der Waals surface area contributed by atoms with E-state index in [1.54, 1.807) is 18.2 Å². The Morgan fingerprint density at radius 3 is 2.62 bits per heavy atom. The average Bonchev–Trinajstić information content (AvgIpc) is 3.02. The van der Waals surface area contributed by atoms with Crippen LogP contribution in [0.15, 0.2) is 54.7 Å². The summed E-state index contributed by atoms with van der Waals surface area (Å²) in [6.45, 7) is 1.62. The summed E-state index contributed by atoms with van der Waals surface area (Å²) in [5, 5.41) is 13.6. The molecule has 0 bridgehead atoms. The summed E-state index contributed by atoms with van der Waals surface area (Å²) in [6, 6.07) is 14.1. The van der Waals surface area contributed by atoms with Crippen LogP contribution in [0.1, 0.15) is 18.1 Å². The molecule has 3 aromatic rings. The van der Waals surface area contributed by atoms with Gasteiger partial charge in [-0.1, -0.05) is 36.4 Å². The third-order valence-electron chi connectivity index (χ3n) is 4.16. The number of carboxylic acids is 1. The number of ether oxygens (including phenoxy) is 1. The summed E-state index contributed by atoms with van der Waals surface area (Å²) < 4.78 is 5.17. The second-order valence-electron chi connectivity index (χ2n) is 6.04. The number of rotatable bonds is 7. The van der Waals surface area contributed by atoms with Crippen molar-refractivity contribution in [1.29, 1.82) is 0 Å². The number of carboxylic acid groups (broad SMARTS) is 1. The van der Waals surface area contributed by atoms with E-state index in [1.165, 1.54) is 6.92 Å². The summed E-state index contributed by atoms with van der Waals surface area (Å²) in [6.07, 6.45) is 2.18. The van der Waals surface area contributed by atoms with E-state index in [0.29, 0.717) is 12.2 Å². The van der Waals surface area contributed by atoms with Crippen molar-refractivity contribution in [3.63, 3.8) is 0 Å². The molecule has 0 radical (unpaired) electrons. The maximum Gasteiger partial charge on any atom is 0.321 e. The largest absolute Gasteiger partial charge is 0.480 e. The van der Waals surface area contributed by atoms with Gasteiger partial charge in [-0.3, -0.25) is 14.9 Å². The fraction of sp³-hybridized carbons (Fsp3) is 0.200. The van der Waals surface area contributed by atoms with E-state index in [9.17, 15) is 14.7 Å². The van der Waals surface area contributed by atoms with Gasteiger partial charge in [-0.2, -0.15) is 0 Å². The topological polar surface area (TPSA) is 91.4 Å². The fourth-order valence-electron chi connectivity index (χ4n) is 2.90. The first-order chi connectivity index (χ1) is 12.5. The summed E-state index contributed by atoms with van der Waals surface area (Å²) in [7, 11) is 0. The Labute approximate surface area is 150 Å². The molecule has 0 unspecified atom stereocenters. The van der Waals surface area contributed by atoms with Crippen LogP contribution in [0.2, 0.25) is 0 Å². The maximum absolute atomic E-state index is 11.7. The number of carbonyl (C=O) groups excluding carboxylic acids is 1. The third-order valence-corrected chi connectivity index (χ3v) is 4.16. The Morgan fingerprint density at radius 2 is 1.85 bits per heavy atom. The van der Waals surface area contributed by atoms with Crippen molar-refractivity contribution in [2.75, 3.05) is 0 Å². The zero-order valence-electron chi connectivity index (χ0n) is 14.4. The number of esters is 1. The second kappa shape index (κ2) is 7.84. The normalized spacial score (nSPS) is 12.0. The van der Waals surface area contributed by atoms with Crippen LogP contribution in [-0.4, -0.2) is 28.1 Å². The van der Waals surface area contributed by atoms with Crippen LogP contribution in [-0.2, 0) is 22.6 Å². The lowest BCUT2D eigenvalue weighted by Gasteiger charge is -2.16. The number of carbonyl (C=O) groups is 2. The van der Waals surface area contributed by atoms with Gasteiger partial charge in [-0.25, -0.2) is 0 Å². The molecule has 0 aliphatic heterocycles. The number of hydrogen-bond donors (Lipinski definition) is 3. The van der Waals surface area contributed by atoms with E-state index >= 15 is 0 Å². The number of fused-ring (bicyclic) bond motifs is 1. The quantitative estimate of drug-likeness (QED) is 0.449. The van der Waals surface area contributed by atoms with Crippen molar-refractivity contribution in [2.24, 2.45) is 0 Å². The lowest BCUT2D eigenvalue weighted by molar-refractivity contribution is -0.139. The highest BCUT2D eigenvalue weighted by molar-refractivity contribution is 5.84. The molecule has 26 heavy (non-hydrogen) atoms. The molecule has 3 N–H and O–H groups in total. The van der Waals surface area contributed by atoms with Gasteiger partial charge in [0.1, 0.15) is 11.8 Å². The minimum atomic E-state index is -0.930. The van der Waals surface area contributed by atoms with Gasteiger partial charge >= 0.3 is 11.9 Å². The van der Waals surface area contributed by atoms with Crippen LogP contribution in [0, 0.1) is 0 Å². The number of aromatic amines is 1. The smallest absolute Gasteiger partial charge is 0.321 e. The van der Waals surface area contributed by atoms with Crippen molar-refractivity contribution < 1.29 is 19.4 Å². The van der Waals surface area contributed by atoms with Crippen LogP contribution in [0.3, 0.4) is 0 Å². The van der Waals surface area contributed by atoms with Gasteiger partial charge in [0.2, 0.25) is 0 Å². The van der Waals surface area contributed by atoms with Crippen molar-refractivity contribution >= 4 is 22.8 Å². The number of aromatic nitrogens is 1. The first-order valence-electron chi connectivity index (χ1n) is 8.32. The van der Waals surface area contributed by atoms with Gasteiger partial charge in [0, 0.05) is 42.6 Å². The zero-order chi connectivity index (χ0) is 18.5. The molecular formula is C20H20N2O4. The molecule has 0 spiro atoms. The van der Waals surface area contributed by atoms with Crippen molar-refractivity contribution in [1.82, 2.24) is 10.3 Å². The minimum Gasteiger partial charge on any atom is -0.480 e. The minimum absolute atomic E-state index is 0.281. The molecule has 1 heterocycles. The Bertz CT molecular complexity index is 932. The van der Waals surface area contributed by atoms with Crippen molar-refractivity contribution in [2.45, 2.75) is 25.9 Å². The van der Waals surface area contributed by atoms with Crippen molar-refractivity contribution in [3.05, 3.63) is 65.9 Å². The second-order valence-corrected chi connectivity index (χ2v) is 6.04. The molecule has 0 aliphatic carbocycles. The lowest BCUT2D eigenvalue weighted by atomic mass is 10.0. The molecule has 0 aliphatic rings. The number of aliphatic carboxylic acids is 1. The molecule has 3 rings (SSSR count). The summed E-state index contributed by atoms with van der Waals surface area (Å²) in [5.74, 6) is -0.907. The summed E-state index contributed by atoms with van der Waals surface area (Å²) in [4.78, 5) is 26.1. The SMILES string of the molecule is CC(=O)Oc1ccccc1CN[C@@H](Cc1c[nH]c2ccccc12)C(=O)O. The molecule has 0 amide bonds. The Hall–Kier alpha value is -3.12. The molecule has 0 saturated carbocycles. The van der Waals surface area contributed by atoms with Crippen LogP contribution in [0.5, 0.6) is 5.75 Å². The average molecular weight is 352 g/mol.